The molecule has 1 N–H and O–H groups in total. The summed E-state index contributed by atoms with van der Waals surface area (Å²) in [6.07, 6.45) is 0. The Labute approximate surface area is 123 Å². The first-order valence-corrected chi connectivity index (χ1v) is 6.62. The number of benzene rings is 1. The second kappa shape index (κ2) is 6.35. The van der Waals surface area contributed by atoms with Gasteiger partial charge in [0.1, 0.15) is 28.6 Å². The molecule has 5 nitrogen and oxygen atoms in total. The van der Waals surface area contributed by atoms with Crippen molar-refractivity contribution in [2.75, 3.05) is 14.2 Å². The molecule has 2 rings (SSSR count). The monoisotopic (exact) mass is 289 g/mol. The summed E-state index contributed by atoms with van der Waals surface area (Å²) in [5.74, 6) is 2.34. The van der Waals surface area contributed by atoms with E-state index in [-0.39, 0.29) is 5.91 Å². The van der Waals surface area contributed by atoms with Gasteiger partial charge in [0.05, 0.1) is 14.2 Å². The van der Waals surface area contributed by atoms with Gasteiger partial charge in [-0.25, -0.2) is 0 Å². The maximum Gasteiger partial charge on any atom is 0.259 e. The zero-order valence-corrected chi connectivity index (χ0v) is 12.6. The average Bonchev–Trinajstić information content (AvgIpc) is 2.81. The number of aryl methyl sites for hydroxylation is 2. The van der Waals surface area contributed by atoms with Crippen LogP contribution in [0.2, 0.25) is 0 Å². The van der Waals surface area contributed by atoms with E-state index in [0.29, 0.717) is 23.6 Å². The fraction of sp³-hybridized carbons (Fsp3) is 0.312. The molecule has 1 aromatic heterocycles. The van der Waals surface area contributed by atoms with Gasteiger partial charge in [0, 0.05) is 12.1 Å². The summed E-state index contributed by atoms with van der Waals surface area (Å²) in [6, 6.07) is 7.14. The Morgan fingerprint density at radius 1 is 1.19 bits per heavy atom. The van der Waals surface area contributed by atoms with Crippen LogP contribution in [0.5, 0.6) is 11.5 Å². The van der Waals surface area contributed by atoms with Crippen LogP contribution >= 0.6 is 0 Å². The molecule has 0 saturated heterocycles. The Morgan fingerprint density at radius 3 is 2.29 bits per heavy atom. The van der Waals surface area contributed by atoms with Crippen LogP contribution in [0.4, 0.5) is 0 Å². The normalized spacial score (nSPS) is 10.3. The molecule has 0 fully saturated rings. The van der Waals surface area contributed by atoms with Crippen molar-refractivity contribution in [1.29, 1.82) is 0 Å². The van der Waals surface area contributed by atoms with E-state index in [0.717, 1.165) is 17.1 Å². The molecule has 1 amide bonds. The number of furan rings is 1. The highest BCUT2D eigenvalue weighted by Crippen LogP contribution is 2.28. The number of ether oxygens (including phenoxy) is 2. The quantitative estimate of drug-likeness (QED) is 0.919. The van der Waals surface area contributed by atoms with Crippen LogP contribution in [0.1, 0.15) is 27.4 Å². The molecule has 0 spiro atoms. The van der Waals surface area contributed by atoms with Crippen molar-refractivity contribution in [3.05, 3.63) is 46.9 Å². The fourth-order valence-electron chi connectivity index (χ4n) is 2.20. The van der Waals surface area contributed by atoms with Gasteiger partial charge in [0.25, 0.3) is 5.91 Å². The lowest BCUT2D eigenvalue weighted by atomic mass is 10.1. The second-order valence-corrected chi connectivity index (χ2v) is 4.66. The van der Waals surface area contributed by atoms with Gasteiger partial charge < -0.3 is 19.2 Å². The van der Waals surface area contributed by atoms with E-state index in [1.165, 1.54) is 14.2 Å². The number of methoxy groups -OCH3 is 2. The highest BCUT2D eigenvalue weighted by Gasteiger charge is 2.18. The molecule has 112 valence electrons. The number of carbonyl (C=O) groups excluding carboxylic acids is 1. The lowest BCUT2D eigenvalue weighted by Crippen LogP contribution is -2.24. The fourth-order valence-corrected chi connectivity index (χ4v) is 2.20. The van der Waals surface area contributed by atoms with Gasteiger partial charge >= 0.3 is 0 Å². The number of hydrogen-bond donors (Lipinski definition) is 1. The summed E-state index contributed by atoms with van der Waals surface area (Å²) in [5.41, 5.74) is 1.34. The molecule has 1 heterocycles. The third-order valence-electron chi connectivity index (χ3n) is 3.24. The molecule has 0 bridgehead atoms. The number of rotatable bonds is 5. The molecular weight excluding hydrogens is 270 g/mol. The first-order valence-electron chi connectivity index (χ1n) is 6.62. The van der Waals surface area contributed by atoms with Gasteiger partial charge in [-0.3, -0.25) is 4.79 Å². The van der Waals surface area contributed by atoms with Crippen LogP contribution in [0.3, 0.4) is 0 Å². The molecule has 0 aliphatic rings. The summed E-state index contributed by atoms with van der Waals surface area (Å²) < 4.78 is 15.9. The first-order chi connectivity index (χ1) is 10.1. The first kappa shape index (κ1) is 15.0. The van der Waals surface area contributed by atoms with E-state index in [2.05, 4.69) is 5.32 Å². The molecule has 0 saturated carbocycles. The van der Waals surface area contributed by atoms with Crippen molar-refractivity contribution in [2.24, 2.45) is 0 Å². The molecule has 21 heavy (non-hydrogen) atoms. The third-order valence-corrected chi connectivity index (χ3v) is 3.24. The van der Waals surface area contributed by atoms with Crippen molar-refractivity contribution >= 4 is 5.91 Å². The summed E-state index contributed by atoms with van der Waals surface area (Å²) in [4.78, 5) is 12.4. The second-order valence-electron chi connectivity index (χ2n) is 4.66. The van der Waals surface area contributed by atoms with Crippen molar-refractivity contribution < 1.29 is 18.7 Å². The Morgan fingerprint density at radius 2 is 1.81 bits per heavy atom. The molecule has 0 unspecified atom stereocenters. The molecule has 0 atom stereocenters. The lowest BCUT2D eigenvalue weighted by Gasteiger charge is -2.12. The van der Waals surface area contributed by atoms with Crippen LogP contribution in [0.15, 0.2) is 28.7 Å². The van der Waals surface area contributed by atoms with E-state index in [1.54, 1.807) is 18.2 Å². The van der Waals surface area contributed by atoms with Crippen molar-refractivity contribution in [1.82, 2.24) is 5.32 Å². The number of carbonyl (C=O) groups is 1. The summed E-state index contributed by atoms with van der Waals surface area (Å²) in [7, 11) is 3.05. The zero-order valence-electron chi connectivity index (χ0n) is 12.6. The van der Waals surface area contributed by atoms with Crippen LogP contribution in [-0.2, 0) is 6.54 Å². The maximum atomic E-state index is 12.4. The molecule has 5 heteroatoms. The van der Waals surface area contributed by atoms with Gasteiger partial charge in [-0.2, -0.15) is 0 Å². The Balaban J connectivity index is 2.19. The standard InChI is InChI=1S/C16H19NO4/c1-10-8-12(11(2)21-10)9-17-16(18)15-13(19-3)6-5-7-14(15)20-4/h5-8H,9H2,1-4H3,(H,17,18). The number of nitrogens with one attached hydrogen (secondary N) is 1. The Bertz CT molecular complexity index is 623. The molecular formula is C16H19NO4. The highest BCUT2D eigenvalue weighted by molar-refractivity contribution is 5.99. The van der Waals surface area contributed by atoms with E-state index in [9.17, 15) is 4.79 Å². The summed E-state index contributed by atoms with van der Waals surface area (Å²) in [6.45, 7) is 4.14. The van der Waals surface area contributed by atoms with Crippen LogP contribution in [0, 0.1) is 13.8 Å². The minimum Gasteiger partial charge on any atom is -0.496 e. The Kier molecular flexibility index (Phi) is 4.52. The average molecular weight is 289 g/mol. The summed E-state index contributed by atoms with van der Waals surface area (Å²) >= 11 is 0. The predicted octanol–water partition coefficient (Wildman–Crippen LogP) is 2.84. The van der Waals surface area contributed by atoms with Gasteiger partial charge in [-0.1, -0.05) is 6.07 Å². The van der Waals surface area contributed by atoms with E-state index in [1.807, 2.05) is 19.9 Å². The van der Waals surface area contributed by atoms with Gasteiger partial charge in [-0.15, -0.1) is 0 Å². The lowest BCUT2D eigenvalue weighted by molar-refractivity contribution is 0.0944. The van der Waals surface area contributed by atoms with Crippen molar-refractivity contribution in [2.45, 2.75) is 20.4 Å². The Hall–Kier alpha value is -2.43. The van der Waals surface area contributed by atoms with Gasteiger partial charge in [-0.05, 0) is 32.0 Å². The van der Waals surface area contributed by atoms with Gasteiger partial charge in [0.2, 0.25) is 0 Å². The smallest absolute Gasteiger partial charge is 0.259 e. The minimum atomic E-state index is -0.248. The zero-order chi connectivity index (χ0) is 15.4. The molecule has 0 radical (unpaired) electrons. The third kappa shape index (κ3) is 3.18. The number of amides is 1. The van der Waals surface area contributed by atoms with E-state index >= 15 is 0 Å². The molecule has 0 aliphatic carbocycles. The largest absolute Gasteiger partial charge is 0.496 e. The van der Waals surface area contributed by atoms with Crippen LogP contribution < -0.4 is 14.8 Å². The number of hydrogen-bond acceptors (Lipinski definition) is 4. The minimum absolute atomic E-state index is 0.248. The van der Waals surface area contributed by atoms with E-state index in [4.69, 9.17) is 13.9 Å². The topological polar surface area (TPSA) is 60.7 Å². The van der Waals surface area contributed by atoms with Crippen LogP contribution in [0.25, 0.3) is 0 Å². The van der Waals surface area contributed by atoms with Gasteiger partial charge in [0.15, 0.2) is 0 Å². The van der Waals surface area contributed by atoms with E-state index < -0.39 is 0 Å². The van der Waals surface area contributed by atoms with Crippen molar-refractivity contribution in [3.8, 4) is 11.5 Å². The highest BCUT2D eigenvalue weighted by atomic mass is 16.5. The molecule has 2 aromatic rings. The van der Waals surface area contributed by atoms with Crippen LogP contribution in [-0.4, -0.2) is 20.1 Å². The molecule has 1 aromatic carbocycles. The van der Waals surface area contributed by atoms with Crippen molar-refractivity contribution in [3.63, 3.8) is 0 Å². The summed E-state index contributed by atoms with van der Waals surface area (Å²) in [5, 5.41) is 2.86. The predicted molar refractivity (Wildman–Crippen MR) is 78.9 cm³/mol. The maximum absolute atomic E-state index is 12.4. The molecule has 0 aliphatic heterocycles. The SMILES string of the molecule is COc1cccc(OC)c1C(=O)NCc1cc(C)oc1C.